The van der Waals surface area contributed by atoms with Crippen LogP contribution < -0.4 is 10.1 Å². The molecule has 0 bridgehead atoms. The molecular weight excluding hydrogens is 272 g/mol. The maximum atomic E-state index is 12.2. The van der Waals surface area contributed by atoms with Crippen molar-refractivity contribution >= 4 is 11.9 Å². The van der Waals surface area contributed by atoms with Crippen molar-refractivity contribution in [3.8, 4) is 5.75 Å². The summed E-state index contributed by atoms with van der Waals surface area (Å²) in [7, 11) is 1.28. The van der Waals surface area contributed by atoms with Crippen molar-refractivity contribution in [3.63, 3.8) is 0 Å². The Morgan fingerprint density at radius 3 is 2.65 bits per heavy atom. The minimum Gasteiger partial charge on any atom is -0.469 e. The zero-order chi connectivity index (χ0) is 15.0. The predicted molar refractivity (Wildman–Crippen MR) is 66.7 cm³/mol. The fourth-order valence-corrected chi connectivity index (χ4v) is 1.48. The van der Waals surface area contributed by atoms with E-state index in [1.807, 2.05) is 0 Å². The van der Waals surface area contributed by atoms with Crippen molar-refractivity contribution in [1.82, 2.24) is 5.32 Å². The molecule has 0 fully saturated rings. The lowest BCUT2D eigenvalue weighted by Gasteiger charge is -2.10. The van der Waals surface area contributed by atoms with Crippen molar-refractivity contribution in [2.75, 3.05) is 13.7 Å². The normalized spacial score (nSPS) is 10.2. The molecule has 1 amide bonds. The van der Waals surface area contributed by atoms with Crippen LogP contribution in [0.3, 0.4) is 0 Å². The third-order valence-corrected chi connectivity index (χ3v) is 2.42. The Kier molecular flexibility index (Phi) is 6.42. The molecule has 0 saturated carbocycles. The topological polar surface area (TPSA) is 64.6 Å². The van der Waals surface area contributed by atoms with E-state index in [0.717, 1.165) is 0 Å². The van der Waals surface area contributed by atoms with Gasteiger partial charge in [0.15, 0.2) is 0 Å². The Bertz CT molecular complexity index is 465. The minimum atomic E-state index is -3.00. The summed E-state index contributed by atoms with van der Waals surface area (Å²) in [6.45, 7) is -2.76. The number of esters is 1. The number of benzene rings is 1. The molecule has 0 radical (unpaired) electrons. The zero-order valence-corrected chi connectivity index (χ0v) is 10.9. The minimum absolute atomic E-state index is 0.0193. The molecule has 0 unspecified atom stereocenters. The number of methoxy groups -OCH3 is 1. The van der Waals surface area contributed by atoms with E-state index in [4.69, 9.17) is 0 Å². The Labute approximate surface area is 114 Å². The highest BCUT2D eigenvalue weighted by Crippen LogP contribution is 2.19. The SMILES string of the molecule is COC(=O)CCCNC(=O)c1ccccc1OC(F)F. The van der Waals surface area contributed by atoms with Gasteiger partial charge in [0.1, 0.15) is 5.75 Å². The van der Waals surface area contributed by atoms with E-state index in [1.165, 1.54) is 25.3 Å². The molecule has 0 heterocycles. The van der Waals surface area contributed by atoms with Crippen LogP contribution in [0.5, 0.6) is 5.75 Å². The van der Waals surface area contributed by atoms with E-state index in [-0.39, 0.29) is 30.2 Å². The highest BCUT2D eigenvalue weighted by Gasteiger charge is 2.14. The number of alkyl halides is 2. The van der Waals surface area contributed by atoms with Crippen LogP contribution in [0.2, 0.25) is 0 Å². The average molecular weight is 287 g/mol. The van der Waals surface area contributed by atoms with Crippen LogP contribution in [-0.2, 0) is 9.53 Å². The van der Waals surface area contributed by atoms with Crippen molar-refractivity contribution in [1.29, 1.82) is 0 Å². The number of halogens is 2. The van der Waals surface area contributed by atoms with Gasteiger partial charge in [0.05, 0.1) is 12.7 Å². The second kappa shape index (κ2) is 8.08. The summed E-state index contributed by atoms with van der Waals surface area (Å²) in [5.74, 6) is -1.10. The van der Waals surface area contributed by atoms with Crippen molar-refractivity contribution in [3.05, 3.63) is 29.8 Å². The Morgan fingerprint density at radius 2 is 2.00 bits per heavy atom. The van der Waals surface area contributed by atoms with E-state index in [0.29, 0.717) is 6.42 Å². The third-order valence-electron chi connectivity index (χ3n) is 2.42. The number of ether oxygens (including phenoxy) is 2. The average Bonchev–Trinajstić information content (AvgIpc) is 2.43. The summed E-state index contributed by atoms with van der Waals surface area (Å²) in [5, 5.41) is 2.52. The number of hydrogen-bond donors (Lipinski definition) is 1. The van der Waals surface area contributed by atoms with Crippen molar-refractivity contribution in [2.24, 2.45) is 0 Å². The van der Waals surface area contributed by atoms with E-state index < -0.39 is 12.5 Å². The summed E-state index contributed by atoms with van der Waals surface area (Å²) in [6, 6.07) is 5.70. The molecule has 7 heteroatoms. The first-order valence-corrected chi connectivity index (χ1v) is 5.93. The van der Waals surface area contributed by atoms with Crippen LogP contribution in [0, 0.1) is 0 Å². The first-order chi connectivity index (χ1) is 9.54. The number of hydrogen-bond acceptors (Lipinski definition) is 4. The molecule has 1 N–H and O–H groups in total. The summed E-state index contributed by atoms with van der Waals surface area (Å²) >= 11 is 0. The Balaban J connectivity index is 2.53. The second-order valence-electron chi connectivity index (χ2n) is 3.81. The van der Waals surface area contributed by atoms with Gasteiger partial charge in [-0.3, -0.25) is 9.59 Å². The number of carbonyl (C=O) groups is 2. The van der Waals surface area contributed by atoms with E-state index in [1.54, 1.807) is 6.07 Å². The van der Waals surface area contributed by atoms with Gasteiger partial charge >= 0.3 is 12.6 Å². The van der Waals surface area contributed by atoms with Gasteiger partial charge in [-0.25, -0.2) is 0 Å². The maximum Gasteiger partial charge on any atom is 0.387 e. The first kappa shape index (κ1) is 15.9. The van der Waals surface area contributed by atoms with Crippen molar-refractivity contribution in [2.45, 2.75) is 19.5 Å². The molecule has 0 aliphatic carbocycles. The van der Waals surface area contributed by atoms with Gasteiger partial charge < -0.3 is 14.8 Å². The number of rotatable bonds is 7. The van der Waals surface area contributed by atoms with Gasteiger partial charge in [-0.1, -0.05) is 12.1 Å². The van der Waals surface area contributed by atoms with Crippen LogP contribution in [0.4, 0.5) is 8.78 Å². The molecule has 110 valence electrons. The molecule has 0 aliphatic rings. The van der Waals surface area contributed by atoms with E-state index in [9.17, 15) is 18.4 Å². The maximum absolute atomic E-state index is 12.2. The molecule has 1 aromatic rings. The van der Waals surface area contributed by atoms with Gasteiger partial charge in [0, 0.05) is 13.0 Å². The molecule has 1 aromatic carbocycles. The number of amides is 1. The summed E-state index contributed by atoms with van der Waals surface area (Å²) < 4.78 is 33.1. The fraction of sp³-hybridized carbons (Fsp3) is 0.385. The summed E-state index contributed by atoms with van der Waals surface area (Å²) in [6.07, 6.45) is 0.572. The molecule has 20 heavy (non-hydrogen) atoms. The summed E-state index contributed by atoms with van der Waals surface area (Å²) in [4.78, 5) is 22.7. The number of para-hydroxylation sites is 1. The Hall–Kier alpha value is -2.18. The van der Waals surface area contributed by atoms with Crippen LogP contribution in [0.25, 0.3) is 0 Å². The van der Waals surface area contributed by atoms with Gasteiger partial charge in [-0.2, -0.15) is 8.78 Å². The van der Waals surface area contributed by atoms with Crippen molar-refractivity contribution < 1.29 is 27.8 Å². The van der Waals surface area contributed by atoms with Crippen LogP contribution in [-0.4, -0.2) is 32.1 Å². The molecule has 0 saturated heterocycles. The fourth-order valence-electron chi connectivity index (χ4n) is 1.48. The molecule has 5 nitrogen and oxygen atoms in total. The predicted octanol–water partition coefficient (Wildman–Crippen LogP) is 1.97. The van der Waals surface area contributed by atoms with E-state index >= 15 is 0 Å². The molecule has 1 rings (SSSR count). The largest absolute Gasteiger partial charge is 0.469 e. The second-order valence-corrected chi connectivity index (χ2v) is 3.81. The molecule has 0 aromatic heterocycles. The highest BCUT2D eigenvalue weighted by molar-refractivity contribution is 5.96. The first-order valence-electron chi connectivity index (χ1n) is 5.93. The third kappa shape index (κ3) is 5.21. The summed E-state index contributed by atoms with van der Waals surface area (Å²) in [5.41, 5.74) is 0.0193. The quantitative estimate of drug-likeness (QED) is 0.615. The standard InChI is InChI=1S/C13H15F2NO4/c1-19-11(17)7-4-8-16-12(18)9-5-2-3-6-10(9)20-13(14)15/h2-3,5-6,13H,4,7-8H2,1H3,(H,16,18). The van der Waals surface area contributed by atoms with Gasteiger partial charge in [0.25, 0.3) is 5.91 Å². The molecule has 0 atom stereocenters. The van der Waals surface area contributed by atoms with Crippen LogP contribution in [0.1, 0.15) is 23.2 Å². The van der Waals surface area contributed by atoms with E-state index in [2.05, 4.69) is 14.8 Å². The number of nitrogens with one attached hydrogen (secondary N) is 1. The molecular formula is C13H15F2NO4. The Morgan fingerprint density at radius 1 is 1.30 bits per heavy atom. The van der Waals surface area contributed by atoms with Crippen LogP contribution in [0.15, 0.2) is 24.3 Å². The van der Waals surface area contributed by atoms with Gasteiger partial charge in [-0.05, 0) is 18.6 Å². The lowest BCUT2D eigenvalue weighted by molar-refractivity contribution is -0.140. The smallest absolute Gasteiger partial charge is 0.387 e. The van der Waals surface area contributed by atoms with Gasteiger partial charge in [0.2, 0.25) is 0 Å². The zero-order valence-electron chi connectivity index (χ0n) is 10.9. The lowest BCUT2D eigenvalue weighted by Crippen LogP contribution is -2.25. The van der Waals surface area contributed by atoms with Crippen LogP contribution >= 0.6 is 0 Å². The van der Waals surface area contributed by atoms with Gasteiger partial charge in [-0.15, -0.1) is 0 Å². The molecule has 0 spiro atoms. The molecule has 0 aliphatic heterocycles. The highest BCUT2D eigenvalue weighted by atomic mass is 19.3. The number of carbonyl (C=O) groups excluding carboxylic acids is 2. The monoisotopic (exact) mass is 287 g/mol. The lowest BCUT2D eigenvalue weighted by atomic mass is 10.2.